The zero-order chi connectivity index (χ0) is 12.1. The molecule has 1 amide bonds. The van der Waals surface area contributed by atoms with Crippen molar-refractivity contribution in [1.29, 1.82) is 0 Å². The minimum Gasteiger partial charge on any atom is -0.355 e. The summed E-state index contributed by atoms with van der Waals surface area (Å²) in [5.74, 6) is 0.176. The molecular formula is C12H28N2O. The highest BCUT2D eigenvalue weighted by Crippen LogP contribution is 1.87. The first-order valence-corrected chi connectivity index (χ1v) is 6.23. The lowest BCUT2D eigenvalue weighted by Gasteiger charge is -2.17. The molecule has 0 aromatic heterocycles. The van der Waals surface area contributed by atoms with Crippen molar-refractivity contribution in [2.24, 2.45) is 0 Å². The van der Waals surface area contributed by atoms with Gasteiger partial charge in [0.2, 0.25) is 5.91 Å². The van der Waals surface area contributed by atoms with Gasteiger partial charge in [-0.1, -0.05) is 34.6 Å². The van der Waals surface area contributed by atoms with E-state index in [2.05, 4.69) is 24.1 Å². The summed E-state index contributed by atoms with van der Waals surface area (Å²) in [6.07, 6.45) is 1.58. The highest BCUT2D eigenvalue weighted by atomic mass is 16.1. The zero-order valence-corrected chi connectivity index (χ0v) is 11.1. The van der Waals surface area contributed by atoms with Crippen LogP contribution in [0.1, 0.15) is 47.5 Å². The van der Waals surface area contributed by atoms with Gasteiger partial charge in [-0.15, -0.1) is 0 Å². The van der Waals surface area contributed by atoms with E-state index < -0.39 is 0 Å². The number of hydrogen-bond acceptors (Lipinski definition) is 2. The Balaban J connectivity index is 0. The third-order valence-electron chi connectivity index (χ3n) is 2.12. The molecule has 0 spiro atoms. The maximum atomic E-state index is 11.1. The number of carbonyl (C=O) groups excluding carboxylic acids is 1. The lowest BCUT2D eigenvalue weighted by molar-refractivity contribution is -0.121. The highest BCUT2D eigenvalue weighted by molar-refractivity contribution is 5.75. The fourth-order valence-corrected chi connectivity index (χ4v) is 1.21. The summed E-state index contributed by atoms with van der Waals surface area (Å²) in [7, 11) is 0. The normalized spacial score (nSPS) is 9.47. The number of amides is 1. The number of rotatable bonds is 7. The van der Waals surface area contributed by atoms with E-state index in [9.17, 15) is 4.79 Å². The maximum Gasteiger partial charge on any atom is 0.220 e. The fourth-order valence-electron chi connectivity index (χ4n) is 1.21. The fraction of sp³-hybridized carbons (Fsp3) is 0.917. The van der Waals surface area contributed by atoms with E-state index in [0.717, 1.165) is 32.6 Å². The van der Waals surface area contributed by atoms with E-state index in [-0.39, 0.29) is 5.91 Å². The number of hydrogen-bond donors (Lipinski definition) is 1. The predicted octanol–water partition coefficient (Wildman–Crippen LogP) is 2.27. The molecule has 0 heterocycles. The molecule has 0 saturated carbocycles. The van der Waals surface area contributed by atoms with Gasteiger partial charge in [0.25, 0.3) is 0 Å². The Labute approximate surface area is 95.2 Å². The Bertz CT molecular complexity index is 134. The maximum absolute atomic E-state index is 11.1. The van der Waals surface area contributed by atoms with Crippen LogP contribution in [0.3, 0.4) is 0 Å². The summed E-state index contributed by atoms with van der Waals surface area (Å²) >= 11 is 0. The van der Waals surface area contributed by atoms with Crippen LogP contribution >= 0.6 is 0 Å². The molecule has 3 nitrogen and oxygen atoms in total. The third-order valence-corrected chi connectivity index (χ3v) is 2.12. The molecule has 0 atom stereocenters. The summed E-state index contributed by atoms with van der Waals surface area (Å²) in [5, 5.41) is 2.90. The van der Waals surface area contributed by atoms with E-state index in [1.54, 1.807) is 0 Å². The molecule has 0 fully saturated rings. The Hall–Kier alpha value is -0.570. The Kier molecular flexibility index (Phi) is 15.1. The van der Waals surface area contributed by atoms with Crippen LogP contribution in [0, 0.1) is 0 Å². The van der Waals surface area contributed by atoms with Crippen LogP contribution in [0.4, 0.5) is 0 Å². The SMILES string of the molecule is CC.CCCC(=O)NCCN(CC)CC. The van der Waals surface area contributed by atoms with E-state index >= 15 is 0 Å². The van der Waals surface area contributed by atoms with Gasteiger partial charge in [-0.25, -0.2) is 0 Å². The molecule has 0 aliphatic rings. The van der Waals surface area contributed by atoms with Crippen molar-refractivity contribution in [3.05, 3.63) is 0 Å². The van der Waals surface area contributed by atoms with Gasteiger partial charge in [0.05, 0.1) is 0 Å². The van der Waals surface area contributed by atoms with Crippen molar-refractivity contribution in [2.45, 2.75) is 47.5 Å². The quantitative estimate of drug-likeness (QED) is 0.708. The Morgan fingerprint density at radius 1 is 1.13 bits per heavy atom. The van der Waals surface area contributed by atoms with Crippen molar-refractivity contribution in [2.75, 3.05) is 26.2 Å². The molecular weight excluding hydrogens is 188 g/mol. The van der Waals surface area contributed by atoms with Gasteiger partial charge in [0.1, 0.15) is 0 Å². The van der Waals surface area contributed by atoms with Crippen molar-refractivity contribution >= 4 is 5.91 Å². The molecule has 0 radical (unpaired) electrons. The highest BCUT2D eigenvalue weighted by Gasteiger charge is 2.00. The molecule has 0 saturated heterocycles. The molecule has 15 heavy (non-hydrogen) atoms. The second kappa shape index (κ2) is 13.4. The molecule has 0 aromatic carbocycles. The second-order valence-electron chi connectivity index (χ2n) is 3.13. The summed E-state index contributed by atoms with van der Waals surface area (Å²) in [6, 6.07) is 0. The van der Waals surface area contributed by atoms with Crippen LogP contribution in [0.25, 0.3) is 0 Å². The Morgan fingerprint density at radius 3 is 2.07 bits per heavy atom. The lowest BCUT2D eigenvalue weighted by atomic mass is 10.3. The molecule has 0 unspecified atom stereocenters. The van der Waals surface area contributed by atoms with Gasteiger partial charge in [0.15, 0.2) is 0 Å². The van der Waals surface area contributed by atoms with Crippen LogP contribution < -0.4 is 5.32 Å². The molecule has 0 bridgehead atoms. The average molecular weight is 216 g/mol. The van der Waals surface area contributed by atoms with Crippen molar-refractivity contribution in [3.63, 3.8) is 0 Å². The summed E-state index contributed by atoms with van der Waals surface area (Å²) < 4.78 is 0. The summed E-state index contributed by atoms with van der Waals surface area (Å²) in [4.78, 5) is 13.4. The average Bonchev–Trinajstić information content (AvgIpc) is 2.28. The van der Waals surface area contributed by atoms with Gasteiger partial charge in [0, 0.05) is 19.5 Å². The predicted molar refractivity (Wildman–Crippen MR) is 67.1 cm³/mol. The van der Waals surface area contributed by atoms with E-state index in [1.807, 2.05) is 20.8 Å². The topological polar surface area (TPSA) is 32.3 Å². The number of nitrogens with one attached hydrogen (secondary N) is 1. The zero-order valence-electron chi connectivity index (χ0n) is 11.1. The number of carbonyl (C=O) groups is 1. The standard InChI is InChI=1S/C10H22N2O.C2H6/c1-4-7-10(13)11-8-9-12(5-2)6-3;1-2/h4-9H2,1-3H3,(H,11,13);1-2H3. The van der Waals surface area contributed by atoms with E-state index in [0.29, 0.717) is 6.42 Å². The smallest absolute Gasteiger partial charge is 0.220 e. The summed E-state index contributed by atoms with van der Waals surface area (Å²) in [6.45, 7) is 14.1. The first-order chi connectivity index (χ1) is 7.24. The Morgan fingerprint density at radius 2 is 1.67 bits per heavy atom. The second-order valence-corrected chi connectivity index (χ2v) is 3.13. The molecule has 0 aromatic rings. The minimum absolute atomic E-state index is 0.176. The minimum atomic E-state index is 0.176. The van der Waals surface area contributed by atoms with Crippen LogP contribution in [0.2, 0.25) is 0 Å². The molecule has 3 heteroatoms. The largest absolute Gasteiger partial charge is 0.355 e. The van der Waals surface area contributed by atoms with Crippen LogP contribution in [-0.4, -0.2) is 37.0 Å². The van der Waals surface area contributed by atoms with Gasteiger partial charge >= 0.3 is 0 Å². The first kappa shape index (κ1) is 16.8. The molecule has 92 valence electrons. The van der Waals surface area contributed by atoms with Gasteiger partial charge in [-0.3, -0.25) is 4.79 Å². The van der Waals surface area contributed by atoms with Gasteiger partial charge < -0.3 is 10.2 Å². The van der Waals surface area contributed by atoms with E-state index in [4.69, 9.17) is 0 Å². The van der Waals surface area contributed by atoms with Crippen LogP contribution in [0.15, 0.2) is 0 Å². The number of nitrogens with zero attached hydrogens (tertiary/aromatic N) is 1. The third kappa shape index (κ3) is 11.4. The summed E-state index contributed by atoms with van der Waals surface area (Å²) in [5.41, 5.74) is 0. The van der Waals surface area contributed by atoms with E-state index in [1.165, 1.54) is 0 Å². The lowest BCUT2D eigenvalue weighted by Crippen LogP contribution is -2.34. The van der Waals surface area contributed by atoms with Crippen molar-refractivity contribution in [1.82, 2.24) is 10.2 Å². The molecule has 1 N–H and O–H groups in total. The van der Waals surface area contributed by atoms with Crippen LogP contribution in [0.5, 0.6) is 0 Å². The monoisotopic (exact) mass is 216 g/mol. The van der Waals surface area contributed by atoms with Gasteiger partial charge in [-0.2, -0.15) is 0 Å². The molecule has 0 rings (SSSR count). The van der Waals surface area contributed by atoms with Crippen LogP contribution in [-0.2, 0) is 4.79 Å². The number of likely N-dealkylation sites (N-methyl/N-ethyl adjacent to an activating group) is 1. The molecule has 0 aliphatic carbocycles. The van der Waals surface area contributed by atoms with Crippen molar-refractivity contribution in [3.8, 4) is 0 Å². The van der Waals surface area contributed by atoms with Crippen molar-refractivity contribution < 1.29 is 4.79 Å². The first-order valence-electron chi connectivity index (χ1n) is 6.23. The molecule has 0 aliphatic heterocycles. The van der Waals surface area contributed by atoms with Gasteiger partial charge in [-0.05, 0) is 19.5 Å².